The highest BCUT2D eigenvalue weighted by atomic mass is 16.5. The highest BCUT2D eigenvalue weighted by Gasteiger charge is 2.25. The van der Waals surface area contributed by atoms with Crippen molar-refractivity contribution in [1.82, 2.24) is 20.4 Å². The fourth-order valence-electron chi connectivity index (χ4n) is 3.35. The Morgan fingerprint density at radius 1 is 1.33 bits per heavy atom. The van der Waals surface area contributed by atoms with Crippen LogP contribution in [-0.4, -0.2) is 39.4 Å². The quantitative estimate of drug-likeness (QED) is 0.843. The van der Waals surface area contributed by atoms with Crippen molar-refractivity contribution in [2.45, 2.75) is 58.5 Å². The molecule has 2 aromatic heterocycles. The number of aromatic nitrogens is 2. The van der Waals surface area contributed by atoms with Gasteiger partial charge in [-0.25, -0.2) is 0 Å². The Morgan fingerprint density at radius 2 is 2.19 bits per heavy atom. The maximum atomic E-state index is 12.5. The summed E-state index contributed by atoms with van der Waals surface area (Å²) in [5.74, 6) is 0.876. The average molecular weight is 370 g/mol. The third-order valence-electron chi connectivity index (χ3n) is 5.04. The van der Waals surface area contributed by atoms with E-state index in [1.165, 1.54) is 0 Å². The molecule has 1 N–H and O–H groups in total. The average Bonchev–Trinajstić information content (AvgIpc) is 2.88. The van der Waals surface area contributed by atoms with Gasteiger partial charge in [0.1, 0.15) is 5.76 Å². The Hall–Kier alpha value is -2.70. The van der Waals surface area contributed by atoms with Crippen LogP contribution in [-0.2, 0) is 22.6 Å². The number of nitrogens with zero attached hydrogens (tertiary/aromatic N) is 3. The fourth-order valence-corrected chi connectivity index (χ4v) is 3.35. The number of likely N-dealkylation sites (tertiary alicyclic amines) is 1. The Bertz CT molecular complexity index is 768. The molecule has 27 heavy (non-hydrogen) atoms. The second kappa shape index (κ2) is 8.79. The molecular weight excluding hydrogens is 344 g/mol. The summed E-state index contributed by atoms with van der Waals surface area (Å²) in [6, 6.07) is 5.73. The van der Waals surface area contributed by atoms with Gasteiger partial charge in [0, 0.05) is 42.9 Å². The lowest BCUT2D eigenvalue weighted by molar-refractivity contribution is -0.131. The van der Waals surface area contributed by atoms with Crippen LogP contribution in [0.15, 0.2) is 28.9 Å². The van der Waals surface area contributed by atoms with Gasteiger partial charge in [0.15, 0.2) is 0 Å². The van der Waals surface area contributed by atoms with E-state index in [9.17, 15) is 9.59 Å². The lowest BCUT2D eigenvalue weighted by Gasteiger charge is -2.21. The van der Waals surface area contributed by atoms with Gasteiger partial charge in [0.25, 0.3) is 0 Å². The summed E-state index contributed by atoms with van der Waals surface area (Å²) < 4.78 is 5.19. The smallest absolute Gasteiger partial charge is 0.222 e. The summed E-state index contributed by atoms with van der Waals surface area (Å²) in [6.45, 7) is 4.88. The molecule has 7 heteroatoms. The topological polar surface area (TPSA) is 88.3 Å². The zero-order chi connectivity index (χ0) is 19.2. The molecule has 0 spiro atoms. The molecule has 1 saturated heterocycles. The van der Waals surface area contributed by atoms with Gasteiger partial charge in [-0.05, 0) is 45.2 Å². The van der Waals surface area contributed by atoms with Gasteiger partial charge in [-0.2, -0.15) is 0 Å². The number of pyridine rings is 1. The Morgan fingerprint density at radius 3 is 2.89 bits per heavy atom. The van der Waals surface area contributed by atoms with Crippen molar-refractivity contribution < 1.29 is 14.1 Å². The largest absolute Gasteiger partial charge is 0.361 e. The molecule has 1 atom stereocenters. The van der Waals surface area contributed by atoms with E-state index < -0.39 is 0 Å². The molecule has 7 nitrogen and oxygen atoms in total. The number of hydrogen-bond acceptors (Lipinski definition) is 5. The molecule has 0 aliphatic carbocycles. The zero-order valence-corrected chi connectivity index (χ0v) is 15.9. The molecule has 0 radical (unpaired) electrons. The first-order valence-electron chi connectivity index (χ1n) is 9.41. The van der Waals surface area contributed by atoms with Gasteiger partial charge in [-0.3, -0.25) is 14.6 Å². The van der Waals surface area contributed by atoms with E-state index in [-0.39, 0.29) is 17.9 Å². The first-order valence-corrected chi connectivity index (χ1v) is 9.41. The third kappa shape index (κ3) is 5.15. The van der Waals surface area contributed by atoms with Crippen LogP contribution in [0.5, 0.6) is 0 Å². The molecule has 3 heterocycles. The summed E-state index contributed by atoms with van der Waals surface area (Å²) in [4.78, 5) is 30.8. The van der Waals surface area contributed by atoms with E-state index in [1.54, 1.807) is 6.20 Å². The van der Waals surface area contributed by atoms with Crippen molar-refractivity contribution in [2.75, 3.05) is 6.54 Å². The number of amides is 2. The van der Waals surface area contributed by atoms with Gasteiger partial charge in [0.05, 0.1) is 12.2 Å². The van der Waals surface area contributed by atoms with Gasteiger partial charge >= 0.3 is 0 Å². The molecule has 0 saturated carbocycles. The molecule has 1 unspecified atom stereocenters. The van der Waals surface area contributed by atoms with Crippen LogP contribution in [0.4, 0.5) is 0 Å². The molecule has 2 aromatic rings. The molecule has 1 fully saturated rings. The molecule has 144 valence electrons. The first kappa shape index (κ1) is 19.1. The van der Waals surface area contributed by atoms with Gasteiger partial charge in [0.2, 0.25) is 11.8 Å². The predicted molar refractivity (Wildman–Crippen MR) is 99.7 cm³/mol. The summed E-state index contributed by atoms with van der Waals surface area (Å²) >= 11 is 0. The van der Waals surface area contributed by atoms with Crippen molar-refractivity contribution in [3.05, 3.63) is 47.1 Å². The van der Waals surface area contributed by atoms with Crippen LogP contribution in [0, 0.1) is 13.8 Å². The second-order valence-corrected chi connectivity index (χ2v) is 7.03. The molecule has 0 aromatic carbocycles. The van der Waals surface area contributed by atoms with Gasteiger partial charge in [-0.15, -0.1) is 0 Å². The SMILES string of the molecule is Cc1noc(C)c1CN1CCC(NC(=O)CCc2ccccn2)CCC1=O. The first-order chi connectivity index (χ1) is 13.0. The third-order valence-corrected chi connectivity index (χ3v) is 5.04. The maximum Gasteiger partial charge on any atom is 0.222 e. The van der Waals surface area contributed by atoms with E-state index in [0.717, 1.165) is 29.1 Å². The van der Waals surface area contributed by atoms with Crippen LogP contribution >= 0.6 is 0 Å². The monoisotopic (exact) mass is 370 g/mol. The number of carbonyl (C=O) groups excluding carboxylic acids is 2. The highest BCUT2D eigenvalue weighted by Crippen LogP contribution is 2.19. The van der Waals surface area contributed by atoms with Crippen LogP contribution < -0.4 is 5.32 Å². The number of rotatable bonds is 6. The minimum atomic E-state index is 0.0114. The van der Waals surface area contributed by atoms with Crippen LogP contribution in [0.25, 0.3) is 0 Å². The van der Waals surface area contributed by atoms with Crippen molar-refractivity contribution in [2.24, 2.45) is 0 Å². The summed E-state index contributed by atoms with van der Waals surface area (Å²) in [6.07, 6.45) is 4.63. The molecule has 0 bridgehead atoms. The molecule has 2 amide bonds. The molecule has 3 rings (SSSR count). The lowest BCUT2D eigenvalue weighted by atomic mass is 10.1. The minimum Gasteiger partial charge on any atom is -0.361 e. The van der Waals surface area contributed by atoms with Gasteiger partial charge < -0.3 is 14.7 Å². The van der Waals surface area contributed by atoms with Crippen LogP contribution in [0.1, 0.15) is 48.4 Å². The Labute approximate surface area is 159 Å². The predicted octanol–water partition coefficient (Wildman–Crippen LogP) is 2.32. The number of nitrogens with one attached hydrogen (secondary N) is 1. The van der Waals surface area contributed by atoms with Crippen molar-refractivity contribution >= 4 is 11.8 Å². The lowest BCUT2D eigenvalue weighted by Crippen LogP contribution is -2.36. The van der Waals surface area contributed by atoms with E-state index in [0.29, 0.717) is 38.8 Å². The number of hydrogen-bond donors (Lipinski definition) is 1. The molecular formula is C20H26N4O3. The minimum absolute atomic E-state index is 0.0114. The zero-order valence-electron chi connectivity index (χ0n) is 15.9. The van der Waals surface area contributed by atoms with Crippen LogP contribution in [0.3, 0.4) is 0 Å². The highest BCUT2D eigenvalue weighted by molar-refractivity contribution is 5.78. The molecule has 1 aliphatic heterocycles. The van der Waals surface area contributed by atoms with E-state index >= 15 is 0 Å². The van der Waals surface area contributed by atoms with E-state index in [2.05, 4.69) is 15.5 Å². The van der Waals surface area contributed by atoms with E-state index in [1.807, 2.05) is 36.9 Å². The number of carbonyl (C=O) groups is 2. The normalized spacial score (nSPS) is 17.6. The van der Waals surface area contributed by atoms with Crippen molar-refractivity contribution in [3.8, 4) is 0 Å². The van der Waals surface area contributed by atoms with Crippen molar-refractivity contribution in [1.29, 1.82) is 0 Å². The summed E-state index contributed by atoms with van der Waals surface area (Å²) in [5, 5.41) is 7.03. The summed E-state index contributed by atoms with van der Waals surface area (Å²) in [7, 11) is 0. The van der Waals surface area contributed by atoms with Crippen molar-refractivity contribution in [3.63, 3.8) is 0 Å². The second-order valence-electron chi connectivity index (χ2n) is 7.03. The Balaban J connectivity index is 1.50. The maximum absolute atomic E-state index is 12.5. The molecule has 1 aliphatic rings. The van der Waals surface area contributed by atoms with E-state index in [4.69, 9.17) is 4.52 Å². The Kier molecular flexibility index (Phi) is 6.21. The fraction of sp³-hybridized carbons (Fsp3) is 0.500. The number of aryl methyl sites for hydroxylation is 3. The standard InChI is InChI=1S/C20H26N4O3/c1-14-18(15(2)27-23-14)13-24-12-10-17(7-9-20(24)26)22-19(25)8-6-16-5-3-4-11-21-16/h3-5,11,17H,6-10,12-13H2,1-2H3,(H,22,25). The van der Waals surface area contributed by atoms with Gasteiger partial charge in [-0.1, -0.05) is 11.2 Å². The van der Waals surface area contributed by atoms with Crippen LogP contribution in [0.2, 0.25) is 0 Å². The summed E-state index contributed by atoms with van der Waals surface area (Å²) in [5.41, 5.74) is 2.71.